The molecule has 204 valence electrons. The molecule has 2 heterocycles. The third-order valence-corrected chi connectivity index (χ3v) is 6.75. The van der Waals surface area contributed by atoms with Crippen molar-refractivity contribution < 1.29 is 38.1 Å². The lowest BCUT2D eigenvalue weighted by Crippen LogP contribution is -2.59. The number of thioether (sulfide) groups is 1. The molecule has 38 heavy (non-hydrogen) atoms. The second-order valence-corrected chi connectivity index (χ2v) is 9.63. The lowest BCUT2D eigenvalue weighted by atomic mass is 9.97. The van der Waals surface area contributed by atoms with E-state index >= 15 is 0 Å². The van der Waals surface area contributed by atoms with Crippen molar-refractivity contribution in [3.63, 3.8) is 0 Å². The van der Waals surface area contributed by atoms with Crippen LogP contribution in [0.2, 0.25) is 0 Å². The third kappa shape index (κ3) is 7.68. The van der Waals surface area contributed by atoms with E-state index in [1.807, 2.05) is 24.3 Å². The zero-order valence-electron chi connectivity index (χ0n) is 21.5. The number of hydrogen-bond acceptors (Lipinski definition) is 11. The Balaban J connectivity index is 1.86. The summed E-state index contributed by atoms with van der Waals surface area (Å²) >= 11 is 1.13. The molecular formula is C26H30N2O9S. The van der Waals surface area contributed by atoms with Gasteiger partial charge in [-0.15, -0.1) is 0 Å². The van der Waals surface area contributed by atoms with Crippen LogP contribution in [0, 0.1) is 0 Å². The van der Waals surface area contributed by atoms with Crippen LogP contribution in [-0.4, -0.2) is 72.7 Å². The Bertz CT molecular complexity index is 1210. The van der Waals surface area contributed by atoms with Crippen molar-refractivity contribution in [1.29, 1.82) is 0 Å². The first kappa shape index (κ1) is 28.9. The molecule has 1 aliphatic heterocycles. The number of pyridine rings is 1. The largest absolute Gasteiger partial charge is 0.497 e. The van der Waals surface area contributed by atoms with Crippen molar-refractivity contribution in [3.8, 4) is 5.75 Å². The topological polar surface area (TPSA) is 132 Å². The van der Waals surface area contributed by atoms with Crippen molar-refractivity contribution in [2.45, 2.75) is 62.0 Å². The zero-order valence-corrected chi connectivity index (χ0v) is 22.3. The molecule has 0 amide bonds. The zero-order chi connectivity index (χ0) is 27.8. The molecule has 3 rings (SSSR count). The Morgan fingerprint density at radius 3 is 2.24 bits per heavy atom. The molecule has 1 aromatic heterocycles. The number of benzene rings is 1. The van der Waals surface area contributed by atoms with Gasteiger partial charge in [-0.3, -0.25) is 24.2 Å². The standard InChI is InChI=1S/C26H30N2O9S/c1-15(29)34-14-21-24(35-16(2)30)23(27-4)25(36-17(3)31)26(37-21)38-20-10-11-28(22(32)12-20)13-18-6-8-19(33-5)9-7-18/h6-12,21,23-26H,4,13-14H2,1-3,5H3/t21?,23?,24-,25?,26+/m0/s1. The van der Waals surface area contributed by atoms with E-state index in [1.54, 1.807) is 23.9 Å². The second-order valence-electron chi connectivity index (χ2n) is 8.46. The fourth-order valence-corrected chi connectivity index (χ4v) is 5.07. The van der Waals surface area contributed by atoms with E-state index in [9.17, 15) is 19.2 Å². The molecular weight excluding hydrogens is 516 g/mol. The minimum atomic E-state index is -1.02. The highest BCUT2D eigenvalue weighted by molar-refractivity contribution is 7.99. The Morgan fingerprint density at radius 2 is 1.68 bits per heavy atom. The Morgan fingerprint density at radius 1 is 1.03 bits per heavy atom. The van der Waals surface area contributed by atoms with E-state index in [1.165, 1.54) is 26.8 Å². The highest BCUT2D eigenvalue weighted by atomic mass is 32.2. The number of nitrogens with zero attached hydrogens (tertiary/aromatic N) is 2. The van der Waals surface area contributed by atoms with Crippen LogP contribution in [-0.2, 0) is 39.9 Å². The van der Waals surface area contributed by atoms with Crippen LogP contribution in [0.25, 0.3) is 0 Å². The number of carbonyl (C=O) groups is 3. The predicted octanol–water partition coefficient (Wildman–Crippen LogP) is 2.22. The van der Waals surface area contributed by atoms with E-state index in [0.29, 0.717) is 11.4 Å². The first-order valence-electron chi connectivity index (χ1n) is 11.7. The van der Waals surface area contributed by atoms with Gasteiger partial charge in [0.25, 0.3) is 5.56 Å². The lowest BCUT2D eigenvalue weighted by Gasteiger charge is -2.43. The summed E-state index contributed by atoms with van der Waals surface area (Å²) in [4.78, 5) is 52.6. The first-order valence-corrected chi connectivity index (χ1v) is 12.6. The molecule has 2 aromatic rings. The van der Waals surface area contributed by atoms with Gasteiger partial charge in [0.05, 0.1) is 13.7 Å². The smallest absolute Gasteiger partial charge is 0.303 e. The molecule has 0 spiro atoms. The maximum Gasteiger partial charge on any atom is 0.303 e. The van der Waals surface area contributed by atoms with Gasteiger partial charge in [-0.25, -0.2) is 0 Å². The highest BCUT2D eigenvalue weighted by Crippen LogP contribution is 2.37. The van der Waals surface area contributed by atoms with Crippen LogP contribution in [0.1, 0.15) is 26.3 Å². The summed E-state index contributed by atoms with van der Waals surface area (Å²) in [6, 6.07) is 9.65. The molecule has 1 aromatic carbocycles. The molecule has 0 saturated carbocycles. The van der Waals surface area contributed by atoms with Gasteiger partial charge in [0.2, 0.25) is 0 Å². The molecule has 1 saturated heterocycles. The van der Waals surface area contributed by atoms with E-state index in [4.69, 9.17) is 23.7 Å². The van der Waals surface area contributed by atoms with Gasteiger partial charge >= 0.3 is 17.9 Å². The Labute approximate surface area is 224 Å². The number of methoxy groups -OCH3 is 1. The lowest BCUT2D eigenvalue weighted by molar-refractivity contribution is -0.200. The van der Waals surface area contributed by atoms with E-state index in [2.05, 4.69) is 11.7 Å². The van der Waals surface area contributed by atoms with Crippen LogP contribution in [0.5, 0.6) is 5.75 Å². The van der Waals surface area contributed by atoms with Crippen molar-refractivity contribution in [2.24, 2.45) is 4.99 Å². The fraction of sp³-hybridized carbons (Fsp3) is 0.423. The van der Waals surface area contributed by atoms with Crippen LogP contribution in [0.15, 0.2) is 57.3 Å². The quantitative estimate of drug-likeness (QED) is 0.248. The fourth-order valence-electron chi connectivity index (χ4n) is 3.94. The average molecular weight is 547 g/mol. The summed E-state index contributed by atoms with van der Waals surface area (Å²) in [5.41, 5.74) is -0.208. The van der Waals surface area contributed by atoms with Crippen molar-refractivity contribution in [1.82, 2.24) is 4.57 Å². The summed E-state index contributed by atoms with van der Waals surface area (Å²) in [6.07, 6.45) is -1.30. The average Bonchev–Trinajstić information content (AvgIpc) is 2.86. The van der Waals surface area contributed by atoms with Crippen LogP contribution in [0.4, 0.5) is 0 Å². The summed E-state index contributed by atoms with van der Waals surface area (Å²) in [7, 11) is 1.58. The molecule has 0 N–H and O–H groups in total. The number of aromatic nitrogens is 1. The molecule has 12 heteroatoms. The number of carbonyl (C=O) groups excluding carboxylic acids is 3. The molecule has 0 radical (unpaired) electrons. The second kappa shape index (κ2) is 13.2. The SMILES string of the molecule is C=NC1C(OC(C)=O)[C@@H](Sc2ccn(Cc3ccc(OC)cc3)c(=O)c2)OC(COC(C)=O)[C@@H]1OC(C)=O. The van der Waals surface area contributed by atoms with Crippen molar-refractivity contribution in [2.75, 3.05) is 13.7 Å². The number of rotatable bonds is 10. The number of esters is 3. The molecule has 1 fully saturated rings. The minimum absolute atomic E-state index is 0.230. The van der Waals surface area contributed by atoms with Gasteiger partial charge in [0, 0.05) is 37.9 Å². The van der Waals surface area contributed by atoms with E-state index < -0.39 is 47.7 Å². The summed E-state index contributed by atoms with van der Waals surface area (Å²) in [5.74, 6) is -1.05. The monoisotopic (exact) mass is 546 g/mol. The normalized spacial score (nSPS) is 22.7. The maximum atomic E-state index is 12.9. The highest BCUT2D eigenvalue weighted by Gasteiger charge is 2.50. The van der Waals surface area contributed by atoms with E-state index in [0.717, 1.165) is 23.1 Å². The third-order valence-electron chi connectivity index (χ3n) is 5.61. The Hall–Kier alpha value is -3.64. The summed E-state index contributed by atoms with van der Waals surface area (Å²) in [5, 5.41) is 0. The minimum Gasteiger partial charge on any atom is -0.497 e. The number of ether oxygens (including phenoxy) is 5. The molecule has 3 unspecified atom stereocenters. The predicted molar refractivity (Wildman–Crippen MR) is 138 cm³/mol. The summed E-state index contributed by atoms with van der Waals surface area (Å²) in [6.45, 7) is 7.39. The molecule has 0 bridgehead atoms. The summed E-state index contributed by atoms with van der Waals surface area (Å²) < 4.78 is 28.8. The van der Waals surface area contributed by atoms with E-state index in [-0.39, 0.29) is 12.2 Å². The molecule has 11 nitrogen and oxygen atoms in total. The molecule has 5 atom stereocenters. The Kier molecular flexibility index (Phi) is 10.1. The van der Waals surface area contributed by atoms with Gasteiger partial charge in [-0.05, 0) is 30.5 Å². The number of aliphatic imine (C=N–C) groups is 1. The first-order chi connectivity index (χ1) is 18.1. The van der Waals surface area contributed by atoms with Gasteiger partial charge in [0.15, 0.2) is 12.2 Å². The van der Waals surface area contributed by atoms with Crippen LogP contribution in [0.3, 0.4) is 0 Å². The molecule has 1 aliphatic rings. The van der Waals surface area contributed by atoms with Crippen LogP contribution >= 0.6 is 11.8 Å². The van der Waals surface area contributed by atoms with Gasteiger partial charge in [-0.1, -0.05) is 23.9 Å². The maximum absolute atomic E-state index is 12.9. The van der Waals surface area contributed by atoms with Gasteiger partial charge in [-0.2, -0.15) is 0 Å². The number of hydrogen-bond donors (Lipinski definition) is 0. The van der Waals surface area contributed by atoms with Crippen molar-refractivity contribution >= 4 is 36.4 Å². The molecule has 0 aliphatic carbocycles. The van der Waals surface area contributed by atoms with Gasteiger partial charge in [0.1, 0.15) is 29.9 Å². The van der Waals surface area contributed by atoms with Crippen molar-refractivity contribution in [3.05, 3.63) is 58.5 Å². The van der Waals surface area contributed by atoms with Gasteiger partial charge < -0.3 is 28.3 Å². The van der Waals surface area contributed by atoms with Crippen LogP contribution < -0.4 is 10.3 Å².